The fourth-order valence-corrected chi connectivity index (χ4v) is 3.06. The molecule has 1 heterocycles. The van der Waals surface area contributed by atoms with Crippen LogP contribution in [0.3, 0.4) is 0 Å². The Hall–Kier alpha value is -3.61. The lowest BCUT2D eigenvalue weighted by Crippen LogP contribution is -2.36. The number of aromatic nitrogens is 1. The van der Waals surface area contributed by atoms with Crippen molar-refractivity contribution in [2.24, 2.45) is 0 Å². The highest BCUT2D eigenvalue weighted by Gasteiger charge is 2.18. The van der Waals surface area contributed by atoms with Gasteiger partial charge in [0.2, 0.25) is 0 Å². The largest absolute Gasteiger partial charge is 0.497 e. The number of hydrogen-bond acceptors (Lipinski definition) is 6. The van der Waals surface area contributed by atoms with Crippen molar-refractivity contribution >= 4 is 11.9 Å². The molecule has 1 unspecified atom stereocenters. The summed E-state index contributed by atoms with van der Waals surface area (Å²) in [7, 11) is 1.62. The summed E-state index contributed by atoms with van der Waals surface area (Å²) in [5.74, 6) is 1.09. The second-order valence-corrected chi connectivity index (χ2v) is 7.51. The van der Waals surface area contributed by atoms with Crippen molar-refractivity contribution in [3.63, 3.8) is 0 Å². The summed E-state index contributed by atoms with van der Waals surface area (Å²) in [5, 5.41) is 2.79. The number of rotatable bonds is 10. The average molecular weight is 437 g/mol. The van der Waals surface area contributed by atoms with E-state index in [0.29, 0.717) is 31.0 Å². The first-order chi connectivity index (χ1) is 15.4. The summed E-state index contributed by atoms with van der Waals surface area (Å²) in [5.41, 5.74) is 3.17. The van der Waals surface area contributed by atoms with E-state index in [0.717, 1.165) is 22.4 Å². The lowest BCUT2D eigenvalue weighted by molar-refractivity contribution is -0.154. The van der Waals surface area contributed by atoms with Crippen LogP contribution in [0, 0.1) is 6.92 Å². The lowest BCUT2D eigenvalue weighted by atomic mass is 10.1. The molecule has 0 aliphatic rings. The van der Waals surface area contributed by atoms with Gasteiger partial charge in [0.1, 0.15) is 5.75 Å². The zero-order valence-electron chi connectivity index (χ0n) is 18.6. The summed E-state index contributed by atoms with van der Waals surface area (Å²) in [6, 6.07) is 15.6. The number of hydrogen-bond donors (Lipinski definition) is 1. The zero-order chi connectivity index (χ0) is 22.9. The zero-order valence-corrected chi connectivity index (χ0v) is 18.6. The molecule has 1 atom stereocenters. The Morgan fingerprint density at radius 1 is 1.06 bits per heavy atom. The quantitative estimate of drug-likeness (QED) is 0.485. The van der Waals surface area contributed by atoms with Gasteiger partial charge in [-0.05, 0) is 38.0 Å². The number of esters is 1. The summed E-state index contributed by atoms with van der Waals surface area (Å²) in [6.07, 6.45) is 1.83. The molecule has 1 N–H and O–H groups in total. The molecule has 3 rings (SSSR count). The topological polar surface area (TPSA) is 90.7 Å². The third kappa shape index (κ3) is 6.70. The summed E-state index contributed by atoms with van der Waals surface area (Å²) < 4.78 is 16.1. The molecule has 3 aromatic rings. The van der Waals surface area contributed by atoms with Gasteiger partial charge in [-0.2, -0.15) is 0 Å². The molecule has 7 nitrogen and oxygen atoms in total. The van der Waals surface area contributed by atoms with E-state index in [1.807, 2.05) is 55.5 Å². The van der Waals surface area contributed by atoms with Crippen molar-refractivity contribution in [1.29, 1.82) is 0 Å². The molecule has 0 aliphatic carbocycles. The molecule has 0 spiro atoms. The molecule has 1 aromatic heterocycles. The van der Waals surface area contributed by atoms with Crippen LogP contribution in [-0.2, 0) is 27.2 Å². The van der Waals surface area contributed by atoms with Crippen molar-refractivity contribution in [1.82, 2.24) is 10.3 Å². The van der Waals surface area contributed by atoms with Crippen molar-refractivity contribution in [2.45, 2.75) is 39.2 Å². The van der Waals surface area contributed by atoms with Crippen LogP contribution in [0.2, 0.25) is 0 Å². The SMILES string of the molecule is COc1ccc(CCNC(=O)C(C)OC(=O)CCc2ncc(-c3ccc(C)cc3)o2)cc1. The molecule has 0 bridgehead atoms. The Bertz CT molecular complexity index is 1030. The molecular weight excluding hydrogens is 408 g/mol. The smallest absolute Gasteiger partial charge is 0.307 e. The number of amides is 1. The number of nitrogens with zero attached hydrogens (tertiary/aromatic N) is 1. The van der Waals surface area contributed by atoms with Gasteiger partial charge in [-0.15, -0.1) is 0 Å². The molecule has 0 radical (unpaired) electrons. The number of ether oxygens (including phenoxy) is 2. The van der Waals surface area contributed by atoms with E-state index in [1.54, 1.807) is 20.2 Å². The predicted octanol–water partition coefficient (Wildman–Crippen LogP) is 3.88. The monoisotopic (exact) mass is 436 g/mol. The molecule has 0 fully saturated rings. The number of methoxy groups -OCH3 is 1. The Morgan fingerprint density at radius 2 is 1.78 bits per heavy atom. The maximum atomic E-state index is 12.2. The lowest BCUT2D eigenvalue weighted by Gasteiger charge is -2.13. The third-order valence-electron chi connectivity index (χ3n) is 4.98. The van der Waals surface area contributed by atoms with Gasteiger partial charge in [0.15, 0.2) is 17.8 Å². The maximum absolute atomic E-state index is 12.2. The van der Waals surface area contributed by atoms with Gasteiger partial charge in [0, 0.05) is 18.5 Å². The van der Waals surface area contributed by atoms with Crippen LogP contribution in [0.1, 0.15) is 30.4 Å². The Balaban J connectivity index is 1.38. The summed E-state index contributed by atoms with van der Waals surface area (Å²) >= 11 is 0. The molecule has 0 saturated heterocycles. The van der Waals surface area contributed by atoms with Crippen molar-refractivity contribution < 1.29 is 23.5 Å². The standard InChI is InChI=1S/C25H28N2O5/c1-17-4-8-20(9-5-17)22-16-27-23(32-22)12-13-24(28)31-18(2)25(29)26-15-14-19-6-10-21(30-3)11-7-19/h4-11,16,18H,12-15H2,1-3H3,(H,26,29). The predicted molar refractivity (Wildman–Crippen MR) is 120 cm³/mol. The first-order valence-corrected chi connectivity index (χ1v) is 10.6. The van der Waals surface area contributed by atoms with Gasteiger partial charge in [-0.1, -0.05) is 42.0 Å². The van der Waals surface area contributed by atoms with Crippen LogP contribution in [-0.4, -0.2) is 36.6 Å². The van der Waals surface area contributed by atoms with Crippen molar-refractivity contribution in [2.75, 3.05) is 13.7 Å². The number of benzene rings is 2. The second-order valence-electron chi connectivity index (χ2n) is 7.51. The van der Waals surface area contributed by atoms with Gasteiger partial charge in [0.25, 0.3) is 5.91 Å². The molecule has 1 amide bonds. The average Bonchev–Trinajstić information content (AvgIpc) is 3.27. The maximum Gasteiger partial charge on any atom is 0.307 e. The van der Waals surface area contributed by atoms with Crippen LogP contribution in [0.5, 0.6) is 5.75 Å². The molecule has 32 heavy (non-hydrogen) atoms. The number of carbonyl (C=O) groups excluding carboxylic acids is 2. The van der Waals surface area contributed by atoms with Gasteiger partial charge < -0.3 is 19.2 Å². The van der Waals surface area contributed by atoms with Crippen LogP contribution < -0.4 is 10.1 Å². The number of carbonyl (C=O) groups is 2. The Morgan fingerprint density at radius 3 is 2.47 bits per heavy atom. The fourth-order valence-electron chi connectivity index (χ4n) is 3.06. The van der Waals surface area contributed by atoms with E-state index in [-0.39, 0.29) is 12.3 Å². The van der Waals surface area contributed by atoms with Crippen LogP contribution in [0.15, 0.2) is 59.1 Å². The van der Waals surface area contributed by atoms with Crippen LogP contribution in [0.4, 0.5) is 0 Å². The molecule has 168 valence electrons. The highest BCUT2D eigenvalue weighted by molar-refractivity contribution is 5.83. The normalized spacial score (nSPS) is 11.6. The molecule has 7 heteroatoms. The second kappa shape index (κ2) is 11.1. The number of oxazole rings is 1. The Labute approximate surface area is 187 Å². The highest BCUT2D eigenvalue weighted by Crippen LogP contribution is 2.21. The van der Waals surface area contributed by atoms with Crippen molar-refractivity contribution in [3.05, 3.63) is 71.7 Å². The number of nitrogens with one attached hydrogen (secondary N) is 1. The first-order valence-electron chi connectivity index (χ1n) is 10.6. The summed E-state index contributed by atoms with van der Waals surface area (Å²) in [6.45, 7) is 4.02. The first kappa shape index (κ1) is 23.1. The molecule has 2 aromatic carbocycles. The summed E-state index contributed by atoms with van der Waals surface area (Å²) in [4.78, 5) is 28.5. The Kier molecular flexibility index (Phi) is 8.02. The molecular formula is C25H28N2O5. The van der Waals surface area contributed by atoms with E-state index in [1.165, 1.54) is 0 Å². The van der Waals surface area contributed by atoms with Crippen LogP contribution in [0.25, 0.3) is 11.3 Å². The van der Waals surface area contributed by atoms with E-state index in [2.05, 4.69) is 10.3 Å². The fraction of sp³-hybridized carbons (Fsp3) is 0.320. The van der Waals surface area contributed by atoms with Gasteiger partial charge >= 0.3 is 5.97 Å². The van der Waals surface area contributed by atoms with Gasteiger partial charge in [-0.25, -0.2) is 4.98 Å². The van der Waals surface area contributed by atoms with Gasteiger partial charge in [-0.3, -0.25) is 9.59 Å². The van der Waals surface area contributed by atoms with E-state index in [4.69, 9.17) is 13.9 Å². The molecule has 0 saturated carbocycles. The third-order valence-corrected chi connectivity index (χ3v) is 4.98. The minimum Gasteiger partial charge on any atom is -0.497 e. The number of aryl methyl sites for hydroxylation is 2. The molecule has 0 aliphatic heterocycles. The van der Waals surface area contributed by atoms with Gasteiger partial charge in [0.05, 0.1) is 19.7 Å². The minimum atomic E-state index is -0.869. The van der Waals surface area contributed by atoms with E-state index >= 15 is 0 Å². The van der Waals surface area contributed by atoms with Crippen molar-refractivity contribution in [3.8, 4) is 17.1 Å². The van der Waals surface area contributed by atoms with E-state index < -0.39 is 12.1 Å². The minimum absolute atomic E-state index is 0.0807. The van der Waals surface area contributed by atoms with E-state index in [9.17, 15) is 9.59 Å². The highest BCUT2D eigenvalue weighted by atomic mass is 16.5. The van der Waals surface area contributed by atoms with Crippen LogP contribution >= 0.6 is 0 Å².